The molecule has 0 amide bonds. The molecule has 0 bridgehead atoms. The SMILES string of the molecule is CC(=O)c1cc(Br)ccc1OCc1cncc(F)c1. The summed E-state index contributed by atoms with van der Waals surface area (Å²) in [7, 11) is 0. The number of hydrogen-bond acceptors (Lipinski definition) is 3. The fraction of sp³-hybridized carbons (Fsp3) is 0.143. The molecular weight excluding hydrogens is 313 g/mol. The molecule has 0 aliphatic rings. The average molecular weight is 324 g/mol. The van der Waals surface area contributed by atoms with Crippen LogP contribution in [0.5, 0.6) is 5.75 Å². The van der Waals surface area contributed by atoms with Crippen LogP contribution in [0.2, 0.25) is 0 Å². The monoisotopic (exact) mass is 323 g/mol. The topological polar surface area (TPSA) is 39.2 Å². The average Bonchev–Trinajstić information content (AvgIpc) is 2.37. The second kappa shape index (κ2) is 5.93. The second-order valence-corrected chi connectivity index (χ2v) is 4.91. The van der Waals surface area contributed by atoms with E-state index in [0.717, 1.165) is 10.7 Å². The minimum absolute atomic E-state index is 0.0892. The Hall–Kier alpha value is -1.75. The third kappa shape index (κ3) is 3.61. The Labute approximate surface area is 118 Å². The lowest BCUT2D eigenvalue weighted by atomic mass is 10.1. The molecule has 3 nitrogen and oxygen atoms in total. The highest BCUT2D eigenvalue weighted by Gasteiger charge is 2.09. The number of carbonyl (C=O) groups excluding carboxylic acids is 1. The predicted molar refractivity (Wildman–Crippen MR) is 72.7 cm³/mol. The number of carbonyl (C=O) groups is 1. The quantitative estimate of drug-likeness (QED) is 0.804. The number of ketones is 1. The summed E-state index contributed by atoms with van der Waals surface area (Å²) in [4.78, 5) is 15.2. The molecule has 0 atom stereocenters. The Morgan fingerprint density at radius 1 is 1.37 bits per heavy atom. The lowest BCUT2D eigenvalue weighted by Gasteiger charge is -2.10. The van der Waals surface area contributed by atoms with Gasteiger partial charge in [0.15, 0.2) is 5.78 Å². The van der Waals surface area contributed by atoms with Crippen LogP contribution in [0.3, 0.4) is 0 Å². The van der Waals surface area contributed by atoms with Crippen LogP contribution >= 0.6 is 15.9 Å². The van der Waals surface area contributed by atoms with E-state index in [4.69, 9.17) is 4.74 Å². The van der Waals surface area contributed by atoms with Crippen molar-refractivity contribution in [2.24, 2.45) is 0 Å². The van der Waals surface area contributed by atoms with Crippen LogP contribution in [0.15, 0.2) is 41.1 Å². The van der Waals surface area contributed by atoms with Crippen LogP contribution in [0.25, 0.3) is 0 Å². The summed E-state index contributed by atoms with van der Waals surface area (Å²) in [5, 5.41) is 0. The maximum Gasteiger partial charge on any atom is 0.163 e. The van der Waals surface area contributed by atoms with Crippen molar-refractivity contribution in [2.45, 2.75) is 13.5 Å². The summed E-state index contributed by atoms with van der Waals surface area (Å²) in [6.07, 6.45) is 2.65. The number of Topliss-reactive ketones (excluding diaryl/α,β-unsaturated/α-hetero) is 1. The summed E-state index contributed by atoms with van der Waals surface area (Å²) >= 11 is 3.30. The van der Waals surface area contributed by atoms with Gasteiger partial charge in [-0.3, -0.25) is 9.78 Å². The van der Waals surface area contributed by atoms with Gasteiger partial charge in [0.1, 0.15) is 18.2 Å². The molecule has 19 heavy (non-hydrogen) atoms. The maximum absolute atomic E-state index is 13.0. The molecule has 0 aliphatic heterocycles. The van der Waals surface area contributed by atoms with Gasteiger partial charge in [-0.05, 0) is 31.2 Å². The summed E-state index contributed by atoms with van der Waals surface area (Å²) in [6, 6.07) is 6.53. The summed E-state index contributed by atoms with van der Waals surface area (Å²) in [5.41, 5.74) is 1.09. The number of nitrogens with zero attached hydrogens (tertiary/aromatic N) is 1. The molecule has 0 aliphatic carbocycles. The minimum Gasteiger partial charge on any atom is -0.488 e. The van der Waals surface area contributed by atoms with Crippen LogP contribution in [0, 0.1) is 5.82 Å². The third-order valence-electron chi connectivity index (χ3n) is 2.48. The largest absolute Gasteiger partial charge is 0.488 e. The molecule has 0 saturated heterocycles. The van der Waals surface area contributed by atoms with Gasteiger partial charge < -0.3 is 4.74 Å². The molecular formula is C14H11BrFNO2. The predicted octanol–water partition coefficient (Wildman–Crippen LogP) is 3.76. The Kier molecular flexibility index (Phi) is 4.27. The molecule has 0 N–H and O–H groups in total. The minimum atomic E-state index is -0.413. The summed E-state index contributed by atoms with van der Waals surface area (Å²) < 4.78 is 19.3. The third-order valence-corrected chi connectivity index (χ3v) is 2.97. The Bertz CT molecular complexity index is 616. The first-order valence-electron chi connectivity index (χ1n) is 5.59. The van der Waals surface area contributed by atoms with E-state index in [9.17, 15) is 9.18 Å². The van der Waals surface area contributed by atoms with E-state index in [1.54, 1.807) is 18.2 Å². The van der Waals surface area contributed by atoms with Crippen molar-refractivity contribution in [3.05, 3.63) is 58.1 Å². The first kappa shape index (κ1) is 13.7. The lowest BCUT2D eigenvalue weighted by molar-refractivity contribution is 0.101. The molecule has 1 heterocycles. The van der Waals surface area contributed by atoms with E-state index in [0.29, 0.717) is 16.9 Å². The van der Waals surface area contributed by atoms with Gasteiger partial charge in [0.2, 0.25) is 0 Å². The van der Waals surface area contributed by atoms with E-state index in [1.807, 2.05) is 0 Å². The van der Waals surface area contributed by atoms with Crippen LogP contribution in [-0.2, 0) is 6.61 Å². The maximum atomic E-state index is 13.0. The van der Waals surface area contributed by atoms with Gasteiger partial charge >= 0.3 is 0 Å². The zero-order valence-electron chi connectivity index (χ0n) is 10.2. The number of ether oxygens (including phenoxy) is 1. The summed E-state index contributed by atoms with van der Waals surface area (Å²) in [6.45, 7) is 1.63. The lowest BCUT2D eigenvalue weighted by Crippen LogP contribution is -2.02. The molecule has 98 valence electrons. The van der Waals surface area contributed by atoms with E-state index in [-0.39, 0.29) is 12.4 Å². The first-order valence-corrected chi connectivity index (χ1v) is 6.38. The molecule has 2 rings (SSSR count). The van der Waals surface area contributed by atoms with Gasteiger partial charge in [0.25, 0.3) is 0 Å². The van der Waals surface area contributed by atoms with Gasteiger partial charge in [0.05, 0.1) is 11.8 Å². The number of hydrogen-bond donors (Lipinski definition) is 0. The highest BCUT2D eigenvalue weighted by molar-refractivity contribution is 9.10. The highest BCUT2D eigenvalue weighted by atomic mass is 79.9. The van der Waals surface area contributed by atoms with Gasteiger partial charge in [0, 0.05) is 16.2 Å². The fourth-order valence-electron chi connectivity index (χ4n) is 1.60. The number of halogens is 2. The first-order chi connectivity index (χ1) is 9.06. The number of pyridine rings is 1. The van der Waals surface area contributed by atoms with Crippen molar-refractivity contribution in [1.82, 2.24) is 4.98 Å². The molecule has 0 spiro atoms. The molecule has 2 aromatic rings. The number of rotatable bonds is 4. The standard InChI is InChI=1S/C14H11BrFNO2/c1-9(18)13-5-11(15)2-3-14(13)19-8-10-4-12(16)7-17-6-10/h2-7H,8H2,1H3. The molecule has 0 radical (unpaired) electrons. The van der Waals surface area contributed by atoms with Crippen LogP contribution in [0.1, 0.15) is 22.8 Å². The van der Waals surface area contributed by atoms with Crippen molar-refractivity contribution in [3.63, 3.8) is 0 Å². The van der Waals surface area contributed by atoms with Crippen LogP contribution in [-0.4, -0.2) is 10.8 Å². The zero-order valence-corrected chi connectivity index (χ0v) is 11.8. The molecule has 0 unspecified atom stereocenters. The molecule has 0 fully saturated rings. The van der Waals surface area contributed by atoms with E-state index >= 15 is 0 Å². The van der Waals surface area contributed by atoms with Crippen LogP contribution in [0.4, 0.5) is 4.39 Å². The number of aromatic nitrogens is 1. The van der Waals surface area contributed by atoms with Gasteiger partial charge in [-0.2, -0.15) is 0 Å². The molecule has 0 saturated carbocycles. The highest BCUT2D eigenvalue weighted by Crippen LogP contribution is 2.24. The van der Waals surface area contributed by atoms with E-state index < -0.39 is 5.82 Å². The Balaban J connectivity index is 2.17. The van der Waals surface area contributed by atoms with Gasteiger partial charge in [-0.1, -0.05) is 15.9 Å². The molecule has 1 aromatic heterocycles. The molecule has 1 aromatic carbocycles. The molecule has 5 heteroatoms. The normalized spacial score (nSPS) is 10.3. The van der Waals surface area contributed by atoms with Gasteiger partial charge in [-0.15, -0.1) is 0 Å². The van der Waals surface area contributed by atoms with Crippen molar-refractivity contribution >= 4 is 21.7 Å². The number of benzene rings is 1. The van der Waals surface area contributed by atoms with Crippen LogP contribution < -0.4 is 4.74 Å². The van der Waals surface area contributed by atoms with E-state index in [2.05, 4.69) is 20.9 Å². The van der Waals surface area contributed by atoms with Crippen molar-refractivity contribution < 1.29 is 13.9 Å². The van der Waals surface area contributed by atoms with Crippen molar-refractivity contribution in [3.8, 4) is 5.75 Å². The Morgan fingerprint density at radius 3 is 2.84 bits per heavy atom. The van der Waals surface area contributed by atoms with Crippen molar-refractivity contribution in [1.29, 1.82) is 0 Å². The zero-order chi connectivity index (χ0) is 13.8. The smallest absolute Gasteiger partial charge is 0.163 e. The fourth-order valence-corrected chi connectivity index (χ4v) is 1.96. The Morgan fingerprint density at radius 2 is 2.16 bits per heavy atom. The van der Waals surface area contributed by atoms with Crippen molar-refractivity contribution in [2.75, 3.05) is 0 Å². The van der Waals surface area contributed by atoms with Gasteiger partial charge in [-0.25, -0.2) is 4.39 Å². The second-order valence-electron chi connectivity index (χ2n) is 4.00. The van der Waals surface area contributed by atoms with E-state index in [1.165, 1.54) is 19.2 Å². The summed E-state index contributed by atoms with van der Waals surface area (Å²) in [5.74, 6) is -0.0303.